The van der Waals surface area contributed by atoms with Gasteiger partial charge in [0.25, 0.3) is 0 Å². The number of amides is 1. The Morgan fingerprint density at radius 2 is 2.17 bits per heavy atom. The Kier molecular flexibility index (Phi) is 4.44. The zero-order chi connectivity index (χ0) is 16.5. The zero-order valence-electron chi connectivity index (χ0n) is 14.2. The van der Waals surface area contributed by atoms with Crippen molar-refractivity contribution in [3.05, 3.63) is 29.0 Å². The van der Waals surface area contributed by atoms with Crippen LogP contribution in [-0.2, 0) is 11.2 Å². The summed E-state index contributed by atoms with van der Waals surface area (Å²) in [5.41, 5.74) is 0.793. The largest absolute Gasteiger partial charge is 0.440 e. The van der Waals surface area contributed by atoms with Gasteiger partial charge in [-0.2, -0.15) is 0 Å². The van der Waals surface area contributed by atoms with Crippen LogP contribution < -0.4 is 0 Å². The second-order valence-electron chi connectivity index (χ2n) is 7.02. The Morgan fingerprint density at radius 3 is 3.00 bits per heavy atom. The van der Waals surface area contributed by atoms with Crippen LogP contribution in [-0.4, -0.2) is 28.4 Å². The number of aromatic nitrogens is 1. The Balaban J connectivity index is 1.49. The Hall–Kier alpha value is -1.62. The molecule has 0 aromatic carbocycles. The Bertz CT molecular complexity index is 705. The standard InChI is InChI=1S/C19H24N2O2S/c1-13-15(20-19(23-13)17-9-5-11-24-17)12-18(22)21-10-4-7-14-6-2-3-8-16(14)21/h5,9,11,14,16H,2-4,6-8,10,12H2,1H3. The van der Waals surface area contributed by atoms with Crippen LogP contribution in [0.15, 0.2) is 21.9 Å². The van der Waals surface area contributed by atoms with Gasteiger partial charge in [-0.1, -0.05) is 18.9 Å². The summed E-state index contributed by atoms with van der Waals surface area (Å²) in [6.45, 7) is 2.82. The number of carbonyl (C=O) groups excluding carboxylic acids is 1. The van der Waals surface area contributed by atoms with E-state index in [-0.39, 0.29) is 5.91 Å². The average Bonchev–Trinajstić information content (AvgIpc) is 3.25. The lowest BCUT2D eigenvalue weighted by molar-refractivity contribution is -0.136. The van der Waals surface area contributed by atoms with E-state index in [4.69, 9.17) is 4.42 Å². The van der Waals surface area contributed by atoms with E-state index in [0.29, 0.717) is 18.4 Å². The van der Waals surface area contributed by atoms with E-state index in [2.05, 4.69) is 9.88 Å². The van der Waals surface area contributed by atoms with Crippen LogP contribution in [0.5, 0.6) is 0 Å². The number of likely N-dealkylation sites (tertiary alicyclic amines) is 1. The molecule has 5 heteroatoms. The van der Waals surface area contributed by atoms with Crippen LogP contribution in [0, 0.1) is 12.8 Å². The van der Waals surface area contributed by atoms with Crippen molar-refractivity contribution in [1.29, 1.82) is 0 Å². The minimum atomic E-state index is 0.223. The summed E-state index contributed by atoms with van der Waals surface area (Å²) in [6.07, 6.45) is 7.86. The average molecular weight is 344 g/mol. The molecule has 2 fully saturated rings. The minimum Gasteiger partial charge on any atom is -0.440 e. The third-order valence-electron chi connectivity index (χ3n) is 5.51. The molecule has 2 aliphatic rings. The normalized spacial score (nSPS) is 24.0. The second kappa shape index (κ2) is 6.71. The van der Waals surface area contributed by atoms with Gasteiger partial charge in [0.15, 0.2) is 0 Å². The fourth-order valence-electron chi connectivity index (χ4n) is 4.28. The summed E-state index contributed by atoms with van der Waals surface area (Å²) in [6, 6.07) is 4.45. The minimum absolute atomic E-state index is 0.223. The molecule has 2 aromatic heterocycles. The van der Waals surface area contributed by atoms with E-state index >= 15 is 0 Å². The number of hydrogen-bond acceptors (Lipinski definition) is 4. The Labute approximate surface area is 146 Å². The first-order valence-corrected chi connectivity index (χ1v) is 9.90. The van der Waals surface area contributed by atoms with Crippen molar-refractivity contribution in [3.63, 3.8) is 0 Å². The first-order chi connectivity index (χ1) is 11.7. The van der Waals surface area contributed by atoms with E-state index in [1.807, 2.05) is 24.4 Å². The molecule has 1 aliphatic heterocycles. The SMILES string of the molecule is Cc1oc(-c2cccs2)nc1CC(=O)N1CCCC2CCCCC21. The number of thiophene rings is 1. The molecule has 0 radical (unpaired) electrons. The quantitative estimate of drug-likeness (QED) is 0.827. The van der Waals surface area contributed by atoms with Crippen molar-refractivity contribution in [2.75, 3.05) is 6.54 Å². The molecule has 2 aromatic rings. The number of nitrogens with zero attached hydrogens (tertiary/aromatic N) is 2. The number of oxazole rings is 1. The van der Waals surface area contributed by atoms with Gasteiger partial charge >= 0.3 is 0 Å². The molecule has 1 aliphatic carbocycles. The van der Waals surface area contributed by atoms with E-state index in [9.17, 15) is 4.79 Å². The Morgan fingerprint density at radius 1 is 1.33 bits per heavy atom. The van der Waals surface area contributed by atoms with Crippen LogP contribution in [0.2, 0.25) is 0 Å². The molecule has 1 saturated carbocycles. The van der Waals surface area contributed by atoms with E-state index in [1.165, 1.54) is 32.1 Å². The molecule has 24 heavy (non-hydrogen) atoms. The molecule has 128 valence electrons. The fourth-order valence-corrected chi connectivity index (χ4v) is 4.93. The van der Waals surface area contributed by atoms with Crippen molar-refractivity contribution in [3.8, 4) is 10.8 Å². The van der Waals surface area contributed by atoms with Crippen LogP contribution in [0.1, 0.15) is 50.0 Å². The van der Waals surface area contributed by atoms with Crippen LogP contribution in [0.3, 0.4) is 0 Å². The monoisotopic (exact) mass is 344 g/mol. The highest BCUT2D eigenvalue weighted by Gasteiger charge is 2.35. The molecule has 1 amide bonds. The number of piperidine rings is 1. The van der Waals surface area contributed by atoms with Crippen molar-refractivity contribution < 1.29 is 9.21 Å². The van der Waals surface area contributed by atoms with E-state index in [0.717, 1.165) is 35.2 Å². The van der Waals surface area contributed by atoms with E-state index < -0.39 is 0 Å². The predicted octanol–water partition coefficient (Wildman–Crippen LogP) is 4.44. The van der Waals surface area contributed by atoms with Crippen LogP contribution >= 0.6 is 11.3 Å². The lowest BCUT2D eigenvalue weighted by Gasteiger charge is -2.44. The fraction of sp³-hybridized carbons (Fsp3) is 0.579. The van der Waals surface area contributed by atoms with Crippen molar-refractivity contribution in [2.24, 2.45) is 5.92 Å². The number of aryl methyl sites for hydroxylation is 1. The number of carbonyl (C=O) groups is 1. The van der Waals surface area contributed by atoms with Gasteiger partial charge in [0.2, 0.25) is 11.8 Å². The van der Waals surface area contributed by atoms with Crippen molar-refractivity contribution in [2.45, 2.75) is 57.9 Å². The number of rotatable bonds is 3. The molecule has 1 saturated heterocycles. The zero-order valence-corrected chi connectivity index (χ0v) is 15.0. The maximum Gasteiger partial charge on any atom is 0.236 e. The van der Waals surface area contributed by atoms with Gasteiger partial charge in [-0.3, -0.25) is 4.79 Å². The van der Waals surface area contributed by atoms with Crippen LogP contribution in [0.4, 0.5) is 0 Å². The number of fused-ring (bicyclic) bond motifs is 1. The highest BCUT2D eigenvalue weighted by atomic mass is 32.1. The van der Waals surface area contributed by atoms with Gasteiger partial charge in [-0.25, -0.2) is 4.98 Å². The third kappa shape index (κ3) is 3.02. The van der Waals surface area contributed by atoms with E-state index in [1.54, 1.807) is 11.3 Å². The topological polar surface area (TPSA) is 46.3 Å². The molecule has 4 rings (SSSR count). The maximum atomic E-state index is 12.9. The van der Waals surface area contributed by atoms with Gasteiger partial charge in [0.1, 0.15) is 5.76 Å². The molecule has 3 heterocycles. The van der Waals surface area contributed by atoms with Gasteiger partial charge in [-0.05, 0) is 50.0 Å². The second-order valence-corrected chi connectivity index (χ2v) is 7.96. The summed E-state index contributed by atoms with van der Waals surface area (Å²) in [5.74, 6) is 2.35. The molecular formula is C19H24N2O2S. The highest BCUT2D eigenvalue weighted by Crippen LogP contribution is 2.35. The molecule has 4 nitrogen and oxygen atoms in total. The van der Waals surface area contributed by atoms with Gasteiger partial charge in [-0.15, -0.1) is 11.3 Å². The molecule has 0 bridgehead atoms. The summed E-state index contributed by atoms with van der Waals surface area (Å²) < 4.78 is 5.78. The number of hydrogen-bond donors (Lipinski definition) is 0. The van der Waals surface area contributed by atoms with Gasteiger partial charge in [0.05, 0.1) is 17.0 Å². The third-order valence-corrected chi connectivity index (χ3v) is 6.36. The summed E-state index contributed by atoms with van der Waals surface area (Å²) in [5, 5.41) is 2.01. The summed E-state index contributed by atoms with van der Waals surface area (Å²) in [4.78, 5) is 20.7. The summed E-state index contributed by atoms with van der Waals surface area (Å²) >= 11 is 1.61. The lowest BCUT2D eigenvalue weighted by Crippen LogP contribution is -2.50. The molecular weight excluding hydrogens is 320 g/mol. The van der Waals surface area contributed by atoms with Crippen molar-refractivity contribution >= 4 is 17.2 Å². The van der Waals surface area contributed by atoms with Gasteiger partial charge in [0, 0.05) is 12.6 Å². The smallest absolute Gasteiger partial charge is 0.236 e. The molecule has 0 N–H and O–H groups in total. The lowest BCUT2D eigenvalue weighted by atomic mass is 9.78. The molecule has 2 atom stereocenters. The van der Waals surface area contributed by atoms with Crippen molar-refractivity contribution in [1.82, 2.24) is 9.88 Å². The highest BCUT2D eigenvalue weighted by molar-refractivity contribution is 7.13. The molecule has 2 unspecified atom stereocenters. The maximum absolute atomic E-state index is 12.9. The van der Waals surface area contributed by atoms with Gasteiger partial charge < -0.3 is 9.32 Å². The predicted molar refractivity (Wildman–Crippen MR) is 95.0 cm³/mol. The van der Waals surface area contributed by atoms with Crippen LogP contribution in [0.25, 0.3) is 10.8 Å². The first-order valence-electron chi connectivity index (χ1n) is 9.02. The first kappa shape index (κ1) is 15.9. The molecule has 0 spiro atoms. The summed E-state index contributed by atoms with van der Waals surface area (Å²) in [7, 11) is 0.